The summed E-state index contributed by atoms with van der Waals surface area (Å²) in [6.07, 6.45) is 2.62. The van der Waals surface area contributed by atoms with Gasteiger partial charge in [0, 0.05) is 18.7 Å². The van der Waals surface area contributed by atoms with E-state index in [1.165, 1.54) is 31.5 Å². The summed E-state index contributed by atoms with van der Waals surface area (Å²) < 4.78 is 5.83. The third kappa shape index (κ3) is 5.83. The zero-order valence-electron chi connectivity index (χ0n) is 17.3. The Labute approximate surface area is 168 Å². The minimum Gasteiger partial charge on any atom is -0.491 e. The highest BCUT2D eigenvalue weighted by molar-refractivity contribution is 5.94. The Hall–Kier alpha value is -2.33. The molecule has 0 spiro atoms. The van der Waals surface area contributed by atoms with Gasteiger partial charge < -0.3 is 10.1 Å². The molecule has 1 N–H and O–H groups in total. The van der Waals surface area contributed by atoms with E-state index in [1.807, 2.05) is 50.2 Å². The van der Waals surface area contributed by atoms with E-state index in [1.54, 1.807) is 0 Å². The SMILES string of the molecule is Cc1ccccc1OC[C@@H](C)NC(=O)c1ccc(CN2CCC[C@@H](C)C2)cc1. The zero-order chi connectivity index (χ0) is 19.9. The Morgan fingerprint density at radius 1 is 1.21 bits per heavy atom. The predicted octanol–water partition coefficient (Wildman–Crippen LogP) is 4.42. The molecule has 150 valence electrons. The van der Waals surface area contributed by atoms with Gasteiger partial charge in [0.05, 0.1) is 6.04 Å². The molecule has 0 aliphatic carbocycles. The molecule has 2 aromatic rings. The van der Waals surface area contributed by atoms with E-state index in [0.29, 0.717) is 12.2 Å². The van der Waals surface area contributed by atoms with Crippen LogP contribution in [-0.4, -0.2) is 36.5 Å². The molecule has 0 radical (unpaired) electrons. The molecule has 0 bridgehead atoms. The van der Waals surface area contributed by atoms with Gasteiger partial charge in [-0.15, -0.1) is 0 Å². The van der Waals surface area contributed by atoms with E-state index in [0.717, 1.165) is 23.8 Å². The van der Waals surface area contributed by atoms with Crippen molar-refractivity contribution in [2.24, 2.45) is 5.92 Å². The normalized spacial score (nSPS) is 18.5. The molecule has 2 aromatic carbocycles. The number of rotatable bonds is 7. The summed E-state index contributed by atoms with van der Waals surface area (Å²) in [6.45, 7) is 10.1. The molecule has 1 heterocycles. The Balaban J connectivity index is 1.48. The number of amides is 1. The monoisotopic (exact) mass is 380 g/mol. The maximum absolute atomic E-state index is 12.5. The van der Waals surface area contributed by atoms with E-state index in [4.69, 9.17) is 4.74 Å². The molecule has 0 aromatic heterocycles. The summed E-state index contributed by atoms with van der Waals surface area (Å²) in [5, 5.41) is 3.02. The first kappa shape index (κ1) is 20.4. The van der Waals surface area contributed by atoms with Gasteiger partial charge in [0.2, 0.25) is 0 Å². The third-order valence-electron chi connectivity index (χ3n) is 5.32. The minimum absolute atomic E-state index is 0.0565. The van der Waals surface area contributed by atoms with Crippen LogP contribution in [0.3, 0.4) is 0 Å². The summed E-state index contributed by atoms with van der Waals surface area (Å²) in [6, 6.07) is 15.8. The molecule has 0 unspecified atom stereocenters. The van der Waals surface area contributed by atoms with Crippen molar-refractivity contribution in [2.75, 3.05) is 19.7 Å². The van der Waals surface area contributed by atoms with Crippen LogP contribution in [0.4, 0.5) is 0 Å². The fourth-order valence-corrected chi connectivity index (χ4v) is 3.73. The third-order valence-corrected chi connectivity index (χ3v) is 5.32. The number of aryl methyl sites for hydroxylation is 1. The number of carbonyl (C=O) groups excluding carboxylic acids is 1. The van der Waals surface area contributed by atoms with Gasteiger partial charge in [0.15, 0.2) is 0 Å². The van der Waals surface area contributed by atoms with Crippen LogP contribution in [-0.2, 0) is 6.54 Å². The Morgan fingerprint density at radius 3 is 2.68 bits per heavy atom. The van der Waals surface area contributed by atoms with Crippen molar-refractivity contribution in [2.45, 2.75) is 46.2 Å². The van der Waals surface area contributed by atoms with Crippen LogP contribution in [0.15, 0.2) is 48.5 Å². The second-order valence-electron chi connectivity index (χ2n) is 8.13. The van der Waals surface area contributed by atoms with Crippen LogP contribution in [0, 0.1) is 12.8 Å². The highest BCUT2D eigenvalue weighted by Crippen LogP contribution is 2.18. The summed E-state index contributed by atoms with van der Waals surface area (Å²) in [4.78, 5) is 15.0. The summed E-state index contributed by atoms with van der Waals surface area (Å²) >= 11 is 0. The molecule has 4 heteroatoms. The van der Waals surface area contributed by atoms with Crippen molar-refractivity contribution >= 4 is 5.91 Å². The van der Waals surface area contributed by atoms with Gasteiger partial charge in [-0.2, -0.15) is 0 Å². The number of nitrogens with one attached hydrogen (secondary N) is 1. The lowest BCUT2D eigenvalue weighted by Crippen LogP contribution is -2.36. The number of benzene rings is 2. The van der Waals surface area contributed by atoms with Gasteiger partial charge >= 0.3 is 0 Å². The number of likely N-dealkylation sites (tertiary alicyclic amines) is 1. The fourth-order valence-electron chi connectivity index (χ4n) is 3.73. The quantitative estimate of drug-likeness (QED) is 0.773. The van der Waals surface area contributed by atoms with Gasteiger partial charge in [0.25, 0.3) is 5.91 Å². The molecule has 28 heavy (non-hydrogen) atoms. The lowest BCUT2D eigenvalue weighted by atomic mass is 9.99. The number of carbonyl (C=O) groups is 1. The van der Waals surface area contributed by atoms with Crippen LogP contribution in [0.1, 0.15) is 48.2 Å². The van der Waals surface area contributed by atoms with E-state index >= 15 is 0 Å². The highest BCUT2D eigenvalue weighted by atomic mass is 16.5. The van der Waals surface area contributed by atoms with Gasteiger partial charge in [-0.25, -0.2) is 0 Å². The van der Waals surface area contributed by atoms with Crippen molar-refractivity contribution < 1.29 is 9.53 Å². The Kier molecular flexibility index (Phi) is 7.10. The predicted molar refractivity (Wildman–Crippen MR) is 114 cm³/mol. The van der Waals surface area contributed by atoms with E-state index < -0.39 is 0 Å². The molecular formula is C24H32N2O2. The second kappa shape index (κ2) is 9.74. The fraction of sp³-hybridized carbons (Fsp3) is 0.458. The summed E-state index contributed by atoms with van der Waals surface area (Å²) in [7, 11) is 0. The van der Waals surface area contributed by atoms with Crippen LogP contribution in [0.5, 0.6) is 5.75 Å². The number of para-hydroxylation sites is 1. The summed E-state index contributed by atoms with van der Waals surface area (Å²) in [5.41, 5.74) is 3.06. The average molecular weight is 381 g/mol. The number of nitrogens with zero attached hydrogens (tertiary/aromatic N) is 1. The lowest BCUT2D eigenvalue weighted by molar-refractivity contribution is 0.0926. The average Bonchev–Trinajstić information content (AvgIpc) is 2.68. The van der Waals surface area contributed by atoms with E-state index in [9.17, 15) is 4.79 Å². The van der Waals surface area contributed by atoms with Crippen molar-refractivity contribution in [1.29, 1.82) is 0 Å². The van der Waals surface area contributed by atoms with Crippen molar-refractivity contribution in [3.63, 3.8) is 0 Å². The highest BCUT2D eigenvalue weighted by Gasteiger charge is 2.16. The van der Waals surface area contributed by atoms with Gasteiger partial charge in [0.1, 0.15) is 12.4 Å². The topological polar surface area (TPSA) is 41.6 Å². The molecule has 1 aliphatic rings. The largest absolute Gasteiger partial charge is 0.491 e. The number of ether oxygens (including phenoxy) is 1. The maximum atomic E-state index is 12.5. The molecule has 1 amide bonds. The van der Waals surface area contributed by atoms with Gasteiger partial charge in [-0.05, 0) is 68.5 Å². The molecule has 0 saturated carbocycles. The van der Waals surface area contributed by atoms with E-state index in [-0.39, 0.29) is 11.9 Å². The second-order valence-corrected chi connectivity index (χ2v) is 8.13. The van der Waals surface area contributed by atoms with Crippen molar-refractivity contribution in [1.82, 2.24) is 10.2 Å². The van der Waals surface area contributed by atoms with Crippen LogP contribution in [0.2, 0.25) is 0 Å². The maximum Gasteiger partial charge on any atom is 0.251 e. The molecule has 1 fully saturated rings. The van der Waals surface area contributed by atoms with Gasteiger partial charge in [-0.1, -0.05) is 37.3 Å². The molecular weight excluding hydrogens is 348 g/mol. The molecule has 3 rings (SSSR count). The number of hydrogen-bond acceptors (Lipinski definition) is 3. The molecule has 4 nitrogen and oxygen atoms in total. The van der Waals surface area contributed by atoms with Crippen LogP contribution in [0.25, 0.3) is 0 Å². The molecule has 1 saturated heterocycles. The first-order valence-electron chi connectivity index (χ1n) is 10.3. The van der Waals surface area contributed by atoms with E-state index in [2.05, 4.69) is 29.3 Å². The zero-order valence-corrected chi connectivity index (χ0v) is 17.3. The lowest BCUT2D eigenvalue weighted by Gasteiger charge is -2.30. The molecule has 2 atom stereocenters. The molecule has 1 aliphatic heterocycles. The first-order chi connectivity index (χ1) is 13.5. The smallest absolute Gasteiger partial charge is 0.251 e. The van der Waals surface area contributed by atoms with Crippen molar-refractivity contribution in [3.8, 4) is 5.75 Å². The minimum atomic E-state index is -0.0679. The van der Waals surface area contributed by atoms with Crippen molar-refractivity contribution in [3.05, 3.63) is 65.2 Å². The summed E-state index contributed by atoms with van der Waals surface area (Å²) in [5.74, 6) is 1.58. The standard InChI is InChI=1S/C24H32N2O2/c1-18-7-6-14-26(15-18)16-21-10-12-22(13-11-21)24(27)25-20(3)17-28-23-9-5-4-8-19(23)2/h4-5,8-13,18,20H,6-7,14-17H2,1-3H3,(H,25,27)/t18-,20-/m1/s1. The Morgan fingerprint density at radius 2 is 1.96 bits per heavy atom. The number of piperidine rings is 1. The Bertz CT molecular complexity index is 772. The number of hydrogen-bond donors (Lipinski definition) is 1. The van der Waals surface area contributed by atoms with Crippen LogP contribution >= 0.6 is 0 Å². The van der Waals surface area contributed by atoms with Gasteiger partial charge in [-0.3, -0.25) is 9.69 Å². The first-order valence-corrected chi connectivity index (χ1v) is 10.3. The van der Waals surface area contributed by atoms with Crippen LogP contribution < -0.4 is 10.1 Å².